The Kier molecular flexibility index (Phi) is 5.30. The minimum atomic E-state index is 0.440. The van der Waals surface area contributed by atoms with Crippen LogP contribution in [0.3, 0.4) is 0 Å². The third kappa shape index (κ3) is 3.69. The standard InChI is InChI=1S/C15H30N2/c1-2-7-14-10-5-6-11-17(14)12-15(16)13-8-3-4-9-13/h13-15H,2-12,16H2,1H3. The van der Waals surface area contributed by atoms with Crippen molar-refractivity contribution >= 4 is 0 Å². The molecule has 1 saturated carbocycles. The molecule has 2 atom stereocenters. The Labute approximate surface area is 107 Å². The minimum absolute atomic E-state index is 0.440. The number of piperidine rings is 1. The summed E-state index contributed by atoms with van der Waals surface area (Å²) >= 11 is 0. The van der Waals surface area contributed by atoms with Crippen LogP contribution < -0.4 is 5.73 Å². The topological polar surface area (TPSA) is 29.3 Å². The molecule has 2 nitrogen and oxygen atoms in total. The van der Waals surface area contributed by atoms with Crippen molar-refractivity contribution in [1.29, 1.82) is 0 Å². The van der Waals surface area contributed by atoms with Crippen molar-refractivity contribution < 1.29 is 0 Å². The summed E-state index contributed by atoms with van der Waals surface area (Å²) in [6.45, 7) is 4.77. The van der Waals surface area contributed by atoms with E-state index < -0.39 is 0 Å². The van der Waals surface area contributed by atoms with Gasteiger partial charge in [0.1, 0.15) is 0 Å². The summed E-state index contributed by atoms with van der Waals surface area (Å²) in [4.78, 5) is 2.70. The molecule has 0 aromatic heterocycles. The maximum Gasteiger partial charge on any atom is 0.0196 e. The molecule has 1 saturated heterocycles. The Bertz CT molecular complexity index is 209. The molecule has 0 amide bonds. The Morgan fingerprint density at radius 1 is 1.12 bits per heavy atom. The van der Waals surface area contributed by atoms with Gasteiger partial charge in [-0.1, -0.05) is 32.6 Å². The smallest absolute Gasteiger partial charge is 0.0196 e. The zero-order valence-corrected chi connectivity index (χ0v) is 11.5. The van der Waals surface area contributed by atoms with E-state index in [1.54, 1.807) is 0 Å². The van der Waals surface area contributed by atoms with Gasteiger partial charge in [0.05, 0.1) is 0 Å². The van der Waals surface area contributed by atoms with Gasteiger partial charge < -0.3 is 5.73 Å². The van der Waals surface area contributed by atoms with Gasteiger partial charge in [-0.2, -0.15) is 0 Å². The molecule has 0 aromatic carbocycles. The molecule has 17 heavy (non-hydrogen) atoms. The van der Waals surface area contributed by atoms with Crippen molar-refractivity contribution in [2.24, 2.45) is 11.7 Å². The lowest BCUT2D eigenvalue weighted by Crippen LogP contribution is -2.48. The van der Waals surface area contributed by atoms with Gasteiger partial charge in [0.2, 0.25) is 0 Å². The summed E-state index contributed by atoms with van der Waals surface area (Å²) in [7, 11) is 0. The van der Waals surface area contributed by atoms with E-state index in [0.29, 0.717) is 6.04 Å². The summed E-state index contributed by atoms with van der Waals surface area (Å²) in [6.07, 6.45) is 12.5. The summed E-state index contributed by atoms with van der Waals surface area (Å²) in [6, 6.07) is 1.27. The monoisotopic (exact) mass is 238 g/mol. The molecular formula is C15H30N2. The third-order valence-corrected chi connectivity index (χ3v) is 4.82. The van der Waals surface area contributed by atoms with Crippen LogP contribution in [-0.4, -0.2) is 30.1 Å². The lowest BCUT2D eigenvalue weighted by Gasteiger charge is -2.38. The summed E-state index contributed by atoms with van der Waals surface area (Å²) in [5.41, 5.74) is 6.43. The first-order valence-corrected chi connectivity index (χ1v) is 7.81. The number of hydrogen-bond donors (Lipinski definition) is 1. The molecule has 2 fully saturated rings. The van der Waals surface area contributed by atoms with Crippen LogP contribution >= 0.6 is 0 Å². The van der Waals surface area contributed by atoms with E-state index in [-0.39, 0.29) is 0 Å². The number of likely N-dealkylation sites (tertiary alicyclic amines) is 1. The predicted molar refractivity (Wildman–Crippen MR) is 74.1 cm³/mol. The second kappa shape index (κ2) is 6.75. The molecule has 100 valence electrons. The van der Waals surface area contributed by atoms with E-state index in [2.05, 4.69) is 11.8 Å². The first-order chi connectivity index (χ1) is 8.31. The average Bonchev–Trinajstić information content (AvgIpc) is 2.85. The van der Waals surface area contributed by atoms with Crippen LogP contribution in [0.4, 0.5) is 0 Å². The van der Waals surface area contributed by atoms with Crippen LogP contribution in [0.2, 0.25) is 0 Å². The lowest BCUT2D eigenvalue weighted by atomic mass is 9.94. The van der Waals surface area contributed by atoms with Crippen LogP contribution in [0.5, 0.6) is 0 Å². The van der Waals surface area contributed by atoms with Crippen molar-refractivity contribution in [2.45, 2.75) is 76.8 Å². The molecule has 1 aliphatic carbocycles. The molecule has 2 unspecified atom stereocenters. The van der Waals surface area contributed by atoms with E-state index in [1.807, 2.05) is 0 Å². The van der Waals surface area contributed by atoms with Crippen molar-refractivity contribution in [3.05, 3.63) is 0 Å². The van der Waals surface area contributed by atoms with Gasteiger partial charge >= 0.3 is 0 Å². The first kappa shape index (κ1) is 13.4. The maximum absolute atomic E-state index is 6.43. The van der Waals surface area contributed by atoms with E-state index in [0.717, 1.165) is 18.5 Å². The molecule has 1 heterocycles. The lowest BCUT2D eigenvalue weighted by molar-refractivity contribution is 0.121. The zero-order chi connectivity index (χ0) is 12.1. The van der Waals surface area contributed by atoms with Gasteiger partial charge in [0, 0.05) is 18.6 Å². The molecule has 0 bridgehead atoms. The van der Waals surface area contributed by atoms with Crippen LogP contribution in [0.25, 0.3) is 0 Å². The summed E-state index contributed by atoms with van der Waals surface area (Å²) < 4.78 is 0. The van der Waals surface area contributed by atoms with E-state index in [1.165, 1.54) is 64.3 Å². The fourth-order valence-electron chi connectivity index (χ4n) is 3.77. The highest BCUT2D eigenvalue weighted by Crippen LogP contribution is 2.28. The molecule has 2 N–H and O–H groups in total. The largest absolute Gasteiger partial charge is 0.326 e. The van der Waals surface area contributed by atoms with Crippen molar-refractivity contribution in [3.63, 3.8) is 0 Å². The molecule has 2 heteroatoms. The summed E-state index contributed by atoms with van der Waals surface area (Å²) in [5, 5.41) is 0. The van der Waals surface area contributed by atoms with Gasteiger partial charge in [0.25, 0.3) is 0 Å². The quantitative estimate of drug-likeness (QED) is 0.797. The Morgan fingerprint density at radius 2 is 1.82 bits per heavy atom. The SMILES string of the molecule is CCCC1CCCCN1CC(N)C1CCCC1. The van der Waals surface area contributed by atoms with Gasteiger partial charge in [-0.15, -0.1) is 0 Å². The zero-order valence-electron chi connectivity index (χ0n) is 11.5. The number of nitrogens with zero attached hydrogens (tertiary/aromatic N) is 1. The highest BCUT2D eigenvalue weighted by Gasteiger charge is 2.27. The Hall–Kier alpha value is -0.0800. The number of rotatable bonds is 5. The molecule has 2 aliphatic rings. The van der Waals surface area contributed by atoms with Crippen LogP contribution in [0, 0.1) is 5.92 Å². The van der Waals surface area contributed by atoms with Gasteiger partial charge in [-0.3, -0.25) is 4.90 Å². The maximum atomic E-state index is 6.43. The van der Waals surface area contributed by atoms with Crippen molar-refractivity contribution in [2.75, 3.05) is 13.1 Å². The van der Waals surface area contributed by atoms with Gasteiger partial charge in [0.15, 0.2) is 0 Å². The van der Waals surface area contributed by atoms with Crippen molar-refractivity contribution in [1.82, 2.24) is 4.90 Å². The van der Waals surface area contributed by atoms with Crippen LogP contribution in [-0.2, 0) is 0 Å². The molecule has 0 aromatic rings. The van der Waals surface area contributed by atoms with Crippen molar-refractivity contribution in [3.8, 4) is 0 Å². The fraction of sp³-hybridized carbons (Fsp3) is 1.00. The first-order valence-electron chi connectivity index (χ1n) is 7.81. The van der Waals surface area contributed by atoms with Gasteiger partial charge in [-0.05, 0) is 44.6 Å². The molecule has 0 radical (unpaired) electrons. The summed E-state index contributed by atoms with van der Waals surface area (Å²) in [5.74, 6) is 0.819. The highest BCUT2D eigenvalue weighted by atomic mass is 15.2. The second-order valence-corrected chi connectivity index (χ2v) is 6.14. The predicted octanol–water partition coefficient (Wildman–Crippen LogP) is 3.16. The molecule has 0 spiro atoms. The van der Waals surface area contributed by atoms with Gasteiger partial charge in [-0.25, -0.2) is 0 Å². The van der Waals surface area contributed by atoms with Crippen LogP contribution in [0.15, 0.2) is 0 Å². The Morgan fingerprint density at radius 3 is 2.53 bits per heavy atom. The minimum Gasteiger partial charge on any atom is -0.326 e. The number of hydrogen-bond acceptors (Lipinski definition) is 2. The van der Waals surface area contributed by atoms with Crippen LogP contribution in [0.1, 0.15) is 64.7 Å². The molecular weight excluding hydrogens is 208 g/mol. The van der Waals surface area contributed by atoms with E-state index in [4.69, 9.17) is 5.73 Å². The van der Waals surface area contributed by atoms with E-state index >= 15 is 0 Å². The third-order valence-electron chi connectivity index (χ3n) is 4.82. The van der Waals surface area contributed by atoms with E-state index in [9.17, 15) is 0 Å². The second-order valence-electron chi connectivity index (χ2n) is 6.14. The molecule has 2 rings (SSSR count). The highest BCUT2D eigenvalue weighted by molar-refractivity contribution is 4.84. The normalized spacial score (nSPS) is 29.6. The average molecular weight is 238 g/mol. The molecule has 1 aliphatic heterocycles. The number of nitrogens with two attached hydrogens (primary N) is 1. The fourth-order valence-corrected chi connectivity index (χ4v) is 3.77. The Balaban J connectivity index is 1.81.